The van der Waals surface area contributed by atoms with Gasteiger partial charge in [-0.1, -0.05) is 18.9 Å². The average Bonchev–Trinajstić information content (AvgIpc) is 2.17. The summed E-state index contributed by atoms with van der Waals surface area (Å²) in [5, 5.41) is 8.95. The first-order valence-corrected chi connectivity index (χ1v) is 7.29. The van der Waals surface area contributed by atoms with E-state index in [2.05, 4.69) is 0 Å². The van der Waals surface area contributed by atoms with E-state index in [9.17, 15) is 9.36 Å². The Balaban J connectivity index is 5.47. The summed E-state index contributed by atoms with van der Waals surface area (Å²) in [7, 11) is -3.69. The number of aliphatic carboxylic acids is 1. The summed E-state index contributed by atoms with van der Waals surface area (Å²) < 4.78 is 22.5. The Labute approximate surface area is 102 Å². The summed E-state index contributed by atoms with van der Waals surface area (Å²) in [6.45, 7) is 7.18. The largest absolute Gasteiger partial charge is 0.477 e. The van der Waals surface area contributed by atoms with Crippen LogP contribution in [0.1, 0.15) is 40.5 Å². The van der Waals surface area contributed by atoms with Gasteiger partial charge in [-0.2, -0.15) is 0 Å². The Morgan fingerprint density at radius 1 is 1.18 bits per heavy atom. The van der Waals surface area contributed by atoms with E-state index in [1.54, 1.807) is 20.8 Å². The minimum atomic E-state index is -3.69. The predicted octanol–water partition coefficient (Wildman–Crippen LogP) is 3.41. The van der Waals surface area contributed by atoms with Crippen molar-refractivity contribution in [3.05, 3.63) is 10.9 Å². The van der Waals surface area contributed by atoms with Crippen molar-refractivity contribution in [3.63, 3.8) is 0 Å². The fourth-order valence-corrected chi connectivity index (χ4v) is 3.36. The maximum absolute atomic E-state index is 12.4. The molecule has 0 heterocycles. The van der Waals surface area contributed by atoms with Crippen LogP contribution in [0.15, 0.2) is 10.9 Å². The van der Waals surface area contributed by atoms with Crippen molar-refractivity contribution < 1.29 is 23.5 Å². The van der Waals surface area contributed by atoms with E-state index in [-0.39, 0.29) is 18.5 Å². The molecule has 0 atom stereocenters. The van der Waals surface area contributed by atoms with E-state index in [4.69, 9.17) is 14.2 Å². The molecule has 0 saturated carbocycles. The SMILES string of the molecule is CCC/C(C)=C(\C(=O)O)P(=O)(OCC)OCC. The van der Waals surface area contributed by atoms with Crippen LogP contribution in [-0.2, 0) is 18.4 Å². The Hall–Kier alpha value is -0.640. The maximum Gasteiger partial charge on any atom is 0.368 e. The highest BCUT2D eigenvalue weighted by Gasteiger charge is 2.36. The normalized spacial score (nSPS) is 13.4. The average molecular weight is 264 g/mol. The van der Waals surface area contributed by atoms with Gasteiger partial charge >= 0.3 is 13.6 Å². The van der Waals surface area contributed by atoms with E-state index in [1.165, 1.54) is 0 Å². The number of hydrogen-bond donors (Lipinski definition) is 1. The molecule has 0 radical (unpaired) electrons. The van der Waals surface area contributed by atoms with Crippen LogP contribution >= 0.6 is 7.60 Å². The predicted molar refractivity (Wildman–Crippen MR) is 66.1 cm³/mol. The summed E-state index contributed by atoms with van der Waals surface area (Å²) >= 11 is 0. The highest BCUT2D eigenvalue weighted by atomic mass is 31.2. The molecular weight excluding hydrogens is 243 g/mol. The molecule has 1 N–H and O–H groups in total. The second kappa shape index (κ2) is 7.64. The van der Waals surface area contributed by atoms with Gasteiger partial charge in [0.2, 0.25) is 0 Å². The minimum absolute atomic E-state index is 0.146. The molecule has 0 fully saturated rings. The lowest BCUT2D eigenvalue weighted by molar-refractivity contribution is -0.132. The molecule has 0 aliphatic heterocycles. The zero-order valence-corrected chi connectivity index (χ0v) is 11.8. The second-order valence-corrected chi connectivity index (χ2v) is 5.48. The number of carbonyl (C=O) groups is 1. The van der Waals surface area contributed by atoms with Gasteiger partial charge in [0, 0.05) is 0 Å². The van der Waals surface area contributed by atoms with Crippen LogP contribution in [0.25, 0.3) is 0 Å². The standard InChI is InChI=1S/C11H21O5P/c1-5-8-9(4)10(11(12)13)17(14,15-6-2)16-7-3/h5-8H2,1-4H3,(H,12,13)/b10-9+. The Bertz CT molecular complexity index is 325. The lowest BCUT2D eigenvalue weighted by Crippen LogP contribution is -2.09. The van der Waals surface area contributed by atoms with Gasteiger partial charge in [0.25, 0.3) is 0 Å². The molecule has 100 valence electrons. The van der Waals surface area contributed by atoms with E-state index in [0.29, 0.717) is 12.0 Å². The first kappa shape index (κ1) is 16.4. The van der Waals surface area contributed by atoms with Crippen molar-refractivity contribution in [1.29, 1.82) is 0 Å². The fraction of sp³-hybridized carbons (Fsp3) is 0.727. The molecule has 0 unspecified atom stereocenters. The third-order valence-electron chi connectivity index (χ3n) is 2.10. The molecule has 0 saturated heterocycles. The van der Waals surface area contributed by atoms with Gasteiger partial charge in [0.15, 0.2) is 0 Å². The van der Waals surface area contributed by atoms with Crippen molar-refractivity contribution in [1.82, 2.24) is 0 Å². The second-order valence-electron chi connectivity index (χ2n) is 3.52. The quantitative estimate of drug-likeness (QED) is 0.537. The number of carboxylic acids is 1. The summed E-state index contributed by atoms with van der Waals surface area (Å²) in [6.07, 6.45) is 1.34. The third-order valence-corrected chi connectivity index (χ3v) is 4.42. The summed E-state index contributed by atoms with van der Waals surface area (Å²) in [5.41, 5.74) is 0.547. The summed E-state index contributed by atoms with van der Waals surface area (Å²) in [6, 6.07) is 0. The lowest BCUT2D eigenvalue weighted by Gasteiger charge is -2.19. The molecule has 0 aromatic carbocycles. The van der Waals surface area contributed by atoms with E-state index < -0.39 is 13.6 Å². The van der Waals surface area contributed by atoms with E-state index in [0.717, 1.165) is 6.42 Å². The Morgan fingerprint density at radius 2 is 1.65 bits per heavy atom. The molecule has 0 aromatic heterocycles. The van der Waals surface area contributed by atoms with Crippen molar-refractivity contribution in [2.75, 3.05) is 13.2 Å². The van der Waals surface area contributed by atoms with Crippen LogP contribution in [0.2, 0.25) is 0 Å². The molecule has 0 aliphatic rings. The molecule has 0 spiro atoms. The van der Waals surface area contributed by atoms with E-state index >= 15 is 0 Å². The first-order valence-electron chi connectivity index (χ1n) is 5.75. The highest BCUT2D eigenvalue weighted by molar-refractivity contribution is 7.60. The topological polar surface area (TPSA) is 72.8 Å². The van der Waals surface area contributed by atoms with Crippen LogP contribution < -0.4 is 0 Å². The zero-order chi connectivity index (χ0) is 13.5. The zero-order valence-electron chi connectivity index (χ0n) is 10.9. The third kappa shape index (κ3) is 4.62. The van der Waals surface area contributed by atoms with Gasteiger partial charge in [-0.25, -0.2) is 4.79 Å². The summed E-state index contributed by atoms with van der Waals surface area (Å²) in [5.74, 6) is -1.24. The molecular formula is C11H21O5P. The number of hydrogen-bond acceptors (Lipinski definition) is 4. The van der Waals surface area contributed by atoms with Crippen molar-refractivity contribution in [2.24, 2.45) is 0 Å². The highest BCUT2D eigenvalue weighted by Crippen LogP contribution is 2.57. The number of carboxylic acid groups (broad SMARTS) is 1. The van der Waals surface area contributed by atoms with Gasteiger partial charge in [-0.3, -0.25) is 4.57 Å². The lowest BCUT2D eigenvalue weighted by atomic mass is 10.2. The monoisotopic (exact) mass is 264 g/mol. The molecule has 0 aliphatic carbocycles. The fourth-order valence-electron chi connectivity index (χ4n) is 1.53. The molecule has 0 amide bonds. The van der Waals surface area contributed by atoms with Crippen molar-refractivity contribution >= 4 is 13.6 Å². The Morgan fingerprint density at radius 3 is 1.94 bits per heavy atom. The van der Waals surface area contributed by atoms with E-state index in [1.807, 2.05) is 6.92 Å². The van der Waals surface area contributed by atoms with Crippen LogP contribution in [-0.4, -0.2) is 24.3 Å². The van der Waals surface area contributed by atoms with Crippen LogP contribution in [0.3, 0.4) is 0 Å². The van der Waals surface area contributed by atoms with Gasteiger partial charge in [-0.15, -0.1) is 0 Å². The smallest absolute Gasteiger partial charge is 0.368 e. The Kier molecular flexibility index (Phi) is 7.35. The van der Waals surface area contributed by atoms with Crippen LogP contribution in [0, 0.1) is 0 Å². The molecule has 5 nitrogen and oxygen atoms in total. The number of rotatable bonds is 8. The maximum atomic E-state index is 12.4. The summed E-state index contributed by atoms with van der Waals surface area (Å²) in [4.78, 5) is 11.2. The molecule has 0 rings (SSSR count). The number of allylic oxidation sites excluding steroid dienone is 1. The van der Waals surface area contributed by atoms with Gasteiger partial charge in [0.1, 0.15) is 5.31 Å². The minimum Gasteiger partial charge on any atom is -0.477 e. The van der Waals surface area contributed by atoms with Crippen LogP contribution in [0.4, 0.5) is 0 Å². The van der Waals surface area contributed by atoms with Gasteiger partial charge in [0.05, 0.1) is 13.2 Å². The van der Waals surface area contributed by atoms with Gasteiger partial charge < -0.3 is 14.2 Å². The molecule has 0 bridgehead atoms. The molecule has 0 aromatic rings. The van der Waals surface area contributed by atoms with Crippen molar-refractivity contribution in [2.45, 2.75) is 40.5 Å². The molecule has 6 heteroatoms. The van der Waals surface area contributed by atoms with Crippen molar-refractivity contribution in [3.8, 4) is 0 Å². The molecule has 17 heavy (non-hydrogen) atoms. The van der Waals surface area contributed by atoms with Gasteiger partial charge in [-0.05, 0) is 27.2 Å². The van der Waals surface area contributed by atoms with Crippen LogP contribution in [0.5, 0.6) is 0 Å². The first-order chi connectivity index (χ1) is 7.92.